The second-order valence-corrected chi connectivity index (χ2v) is 4.90. The Morgan fingerprint density at radius 2 is 1.61 bits per heavy atom. The van der Waals surface area contributed by atoms with Gasteiger partial charge in [-0.2, -0.15) is 0 Å². The van der Waals surface area contributed by atoms with Crippen LogP contribution in [-0.2, 0) is 0 Å². The summed E-state index contributed by atoms with van der Waals surface area (Å²) >= 11 is 11.6. The van der Waals surface area contributed by atoms with Gasteiger partial charge in [-0.3, -0.25) is 0 Å². The van der Waals surface area contributed by atoms with E-state index in [4.69, 9.17) is 23.2 Å². The van der Waals surface area contributed by atoms with E-state index in [1.807, 2.05) is 13.0 Å². The first-order chi connectivity index (χ1) is 8.49. The monoisotopic (exact) mass is 284 g/mol. The van der Waals surface area contributed by atoms with Gasteiger partial charge in [-0.1, -0.05) is 41.4 Å². The van der Waals surface area contributed by atoms with Gasteiger partial charge in [0.25, 0.3) is 0 Å². The highest BCUT2D eigenvalue weighted by Crippen LogP contribution is 2.28. The minimum atomic E-state index is -0.921. The van der Waals surface area contributed by atoms with Crippen molar-refractivity contribution in [3.63, 3.8) is 0 Å². The van der Waals surface area contributed by atoms with Gasteiger partial charge >= 0.3 is 0 Å². The van der Waals surface area contributed by atoms with Gasteiger partial charge in [0.15, 0.2) is 0 Å². The summed E-state index contributed by atoms with van der Waals surface area (Å²) in [6.07, 6.45) is -0.921. The zero-order valence-electron chi connectivity index (χ0n) is 9.62. The summed E-state index contributed by atoms with van der Waals surface area (Å²) < 4.78 is 13.3. The molecule has 4 heteroatoms. The number of hydrogen-bond donors (Lipinski definition) is 1. The Morgan fingerprint density at radius 1 is 1.00 bits per heavy atom. The van der Waals surface area contributed by atoms with E-state index < -0.39 is 11.9 Å². The second-order valence-electron chi connectivity index (χ2n) is 4.08. The van der Waals surface area contributed by atoms with Crippen LogP contribution in [0, 0.1) is 12.7 Å². The number of halogens is 3. The van der Waals surface area contributed by atoms with E-state index in [1.54, 1.807) is 18.2 Å². The van der Waals surface area contributed by atoms with Crippen LogP contribution in [0.5, 0.6) is 0 Å². The summed E-state index contributed by atoms with van der Waals surface area (Å²) in [5, 5.41) is 10.8. The van der Waals surface area contributed by atoms with E-state index in [2.05, 4.69) is 0 Å². The molecule has 2 rings (SSSR count). The first-order valence-electron chi connectivity index (χ1n) is 5.38. The van der Waals surface area contributed by atoms with E-state index >= 15 is 0 Å². The highest BCUT2D eigenvalue weighted by Gasteiger charge is 2.13. The number of aryl methyl sites for hydroxylation is 1. The molecule has 2 aromatic rings. The SMILES string of the molecule is Cc1ccc(C(O)c2ccc(Cl)c(F)c2)cc1Cl. The molecule has 0 saturated carbocycles. The van der Waals surface area contributed by atoms with Crippen molar-refractivity contribution in [2.45, 2.75) is 13.0 Å². The molecular formula is C14H11Cl2FO. The Kier molecular flexibility index (Phi) is 3.91. The van der Waals surface area contributed by atoms with Crippen molar-refractivity contribution < 1.29 is 9.50 Å². The lowest BCUT2D eigenvalue weighted by molar-refractivity contribution is 0.220. The molecule has 0 aromatic heterocycles. The molecule has 1 N–H and O–H groups in total. The summed E-state index contributed by atoms with van der Waals surface area (Å²) in [7, 11) is 0. The molecule has 0 saturated heterocycles. The Hall–Kier alpha value is -1.09. The smallest absolute Gasteiger partial charge is 0.142 e. The molecule has 0 radical (unpaired) electrons. The lowest BCUT2D eigenvalue weighted by Gasteiger charge is -2.13. The minimum Gasteiger partial charge on any atom is -0.384 e. The van der Waals surface area contributed by atoms with Crippen molar-refractivity contribution in [1.82, 2.24) is 0 Å². The summed E-state index contributed by atoms with van der Waals surface area (Å²) in [6, 6.07) is 9.48. The zero-order valence-corrected chi connectivity index (χ0v) is 11.1. The van der Waals surface area contributed by atoms with E-state index in [-0.39, 0.29) is 5.02 Å². The maximum atomic E-state index is 13.3. The van der Waals surface area contributed by atoms with Crippen LogP contribution in [0.25, 0.3) is 0 Å². The average molecular weight is 285 g/mol. The second kappa shape index (κ2) is 5.27. The molecule has 18 heavy (non-hydrogen) atoms. The van der Waals surface area contributed by atoms with Crippen molar-refractivity contribution in [3.8, 4) is 0 Å². The quantitative estimate of drug-likeness (QED) is 0.860. The lowest BCUT2D eigenvalue weighted by atomic mass is 10.0. The summed E-state index contributed by atoms with van der Waals surface area (Å²) in [5.74, 6) is -0.550. The van der Waals surface area contributed by atoms with Crippen molar-refractivity contribution in [3.05, 3.63) is 69.0 Å². The average Bonchev–Trinajstić information content (AvgIpc) is 2.35. The molecule has 2 aromatic carbocycles. The molecule has 0 aliphatic heterocycles. The molecule has 1 unspecified atom stereocenters. The third kappa shape index (κ3) is 2.66. The van der Waals surface area contributed by atoms with Gasteiger partial charge in [0.05, 0.1) is 5.02 Å². The maximum Gasteiger partial charge on any atom is 0.142 e. The van der Waals surface area contributed by atoms with Crippen LogP contribution < -0.4 is 0 Å². The summed E-state index contributed by atoms with van der Waals surface area (Å²) in [6.45, 7) is 1.88. The van der Waals surface area contributed by atoms with Gasteiger partial charge in [-0.15, -0.1) is 0 Å². The first-order valence-corrected chi connectivity index (χ1v) is 6.13. The molecule has 1 atom stereocenters. The Labute approximate surface area is 115 Å². The van der Waals surface area contributed by atoms with Crippen LogP contribution in [0.15, 0.2) is 36.4 Å². The Bertz CT molecular complexity index is 533. The summed E-state index contributed by atoms with van der Waals surface area (Å²) in [4.78, 5) is 0. The fraction of sp³-hybridized carbons (Fsp3) is 0.143. The molecule has 0 spiro atoms. The van der Waals surface area contributed by atoms with Gasteiger partial charge in [0.1, 0.15) is 11.9 Å². The highest BCUT2D eigenvalue weighted by molar-refractivity contribution is 6.31. The third-order valence-electron chi connectivity index (χ3n) is 2.77. The molecule has 1 nitrogen and oxygen atoms in total. The standard InChI is InChI=1S/C14H11Cl2FO/c1-8-2-3-9(6-12(8)16)14(18)10-4-5-11(15)13(17)7-10/h2-7,14,18H,1H3. The number of hydrogen-bond acceptors (Lipinski definition) is 1. The van der Waals surface area contributed by atoms with Crippen LogP contribution in [0.1, 0.15) is 22.8 Å². The van der Waals surface area contributed by atoms with Crippen LogP contribution >= 0.6 is 23.2 Å². The molecule has 0 bridgehead atoms. The van der Waals surface area contributed by atoms with Crippen LogP contribution in [0.4, 0.5) is 4.39 Å². The third-order valence-corrected chi connectivity index (χ3v) is 3.48. The van der Waals surface area contributed by atoms with Gasteiger partial charge in [0, 0.05) is 5.02 Å². The fourth-order valence-electron chi connectivity index (χ4n) is 1.65. The van der Waals surface area contributed by atoms with Crippen molar-refractivity contribution in [2.24, 2.45) is 0 Å². The Balaban J connectivity index is 2.37. The minimum absolute atomic E-state index is 0.0351. The topological polar surface area (TPSA) is 20.2 Å². The normalized spacial score (nSPS) is 12.5. The highest BCUT2D eigenvalue weighted by atomic mass is 35.5. The zero-order chi connectivity index (χ0) is 13.3. The first kappa shape index (κ1) is 13.3. The van der Waals surface area contributed by atoms with Gasteiger partial charge < -0.3 is 5.11 Å². The predicted octanol–water partition coefficient (Wildman–Crippen LogP) is 4.52. The van der Waals surface area contributed by atoms with Crippen molar-refractivity contribution >= 4 is 23.2 Å². The maximum absolute atomic E-state index is 13.3. The van der Waals surface area contributed by atoms with Gasteiger partial charge in [0.2, 0.25) is 0 Å². The van der Waals surface area contributed by atoms with Crippen LogP contribution in [0.2, 0.25) is 10.0 Å². The van der Waals surface area contributed by atoms with E-state index in [0.29, 0.717) is 16.1 Å². The molecule has 0 aliphatic rings. The Morgan fingerprint density at radius 3 is 2.22 bits per heavy atom. The molecular weight excluding hydrogens is 274 g/mol. The lowest BCUT2D eigenvalue weighted by Crippen LogP contribution is -2.00. The van der Waals surface area contributed by atoms with Crippen molar-refractivity contribution in [1.29, 1.82) is 0 Å². The summed E-state index contributed by atoms with van der Waals surface area (Å²) in [5.41, 5.74) is 1.99. The molecule has 0 amide bonds. The number of benzene rings is 2. The number of aliphatic hydroxyl groups excluding tert-OH is 1. The largest absolute Gasteiger partial charge is 0.384 e. The van der Waals surface area contributed by atoms with Crippen LogP contribution in [-0.4, -0.2) is 5.11 Å². The van der Waals surface area contributed by atoms with E-state index in [9.17, 15) is 9.50 Å². The molecule has 94 valence electrons. The van der Waals surface area contributed by atoms with Gasteiger partial charge in [-0.25, -0.2) is 4.39 Å². The number of rotatable bonds is 2. The van der Waals surface area contributed by atoms with E-state index in [1.165, 1.54) is 12.1 Å². The van der Waals surface area contributed by atoms with E-state index in [0.717, 1.165) is 5.56 Å². The van der Waals surface area contributed by atoms with Gasteiger partial charge in [-0.05, 0) is 41.8 Å². The number of aliphatic hydroxyl groups is 1. The molecule has 0 heterocycles. The molecule has 0 fully saturated rings. The molecule has 0 aliphatic carbocycles. The van der Waals surface area contributed by atoms with Crippen molar-refractivity contribution in [2.75, 3.05) is 0 Å². The fourth-order valence-corrected chi connectivity index (χ4v) is 1.96. The predicted molar refractivity (Wildman–Crippen MR) is 71.7 cm³/mol. The van der Waals surface area contributed by atoms with Crippen LogP contribution in [0.3, 0.4) is 0 Å².